The highest BCUT2D eigenvalue weighted by atomic mass is 35.5. The first-order valence-corrected chi connectivity index (χ1v) is 8.11. The number of halogens is 4. The second kappa shape index (κ2) is 8.36. The van der Waals surface area contributed by atoms with Crippen molar-refractivity contribution >= 4 is 46.1 Å². The Hall–Kier alpha value is -2.98. The number of hydrogen-bond donors (Lipinski definition) is 0. The van der Waals surface area contributed by atoms with Crippen molar-refractivity contribution in [3.63, 3.8) is 0 Å². The van der Waals surface area contributed by atoms with Crippen LogP contribution in [-0.4, -0.2) is 21.4 Å². The molecule has 146 valence electrons. The van der Waals surface area contributed by atoms with E-state index in [-0.39, 0.29) is 0 Å². The minimum Gasteiger partial charge on any atom is -0.294 e. The lowest BCUT2D eigenvalue weighted by molar-refractivity contribution is -0.384. The minimum absolute atomic E-state index is 0.509. The Kier molecular flexibility index (Phi) is 6.37. The summed E-state index contributed by atoms with van der Waals surface area (Å²) in [5, 5.41) is 20.7. The summed E-state index contributed by atoms with van der Waals surface area (Å²) in [4.78, 5) is 44.1. The molecule has 0 aliphatic rings. The van der Waals surface area contributed by atoms with E-state index in [0.29, 0.717) is 24.3 Å². The Morgan fingerprint density at radius 1 is 0.786 bits per heavy atom. The van der Waals surface area contributed by atoms with Gasteiger partial charge >= 0.3 is 0 Å². The van der Waals surface area contributed by atoms with Crippen LogP contribution in [-0.2, 0) is 0 Å². The zero-order valence-electron chi connectivity index (χ0n) is 13.6. The maximum atomic E-state index is 13.9. The van der Waals surface area contributed by atoms with Crippen molar-refractivity contribution < 1.29 is 28.2 Å². The van der Waals surface area contributed by atoms with Crippen molar-refractivity contribution in [1.29, 1.82) is 0 Å². The molecule has 0 atom stereocenters. The van der Waals surface area contributed by atoms with Crippen molar-refractivity contribution in [3.05, 3.63) is 77.3 Å². The molecule has 2 aromatic rings. The third-order valence-corrected chi connectivity index (χ3v) is 4.25. The molecule has 0 aromatic heterocycles. The quantitative estimate of drug-likeness (QED) is 0.347. The molecule has 0 heterocycles. The first-order valence-electron chi connectivity index (χ1n) is 7.36. The first kappa shape index (κ1) is 21.3. The summed E-state index contributed by atoms with van der Waals surface area (Å²) in [5.41, 5.74) is -2.72. The van der Waals surface area contributed by atoms with E-state index in [2.05, 4.69) is 0 Å². The number of carbonyl (C=O) groups is 2. The van der Waals surface area contributed by atoms with Gasteiger partial charge in [0.1, 0.15) is 21.7 Å². The van der Waals surface area contributed by atoms with Crippen LogP contribution in [0.5, 0.6) is 0 Å². The highest BCUT2D eigenvalue weighted by molar-refractivity contribution is 6.33. The molecule has 0 saturated heterocycles. The highest BCUT2D eigenvalue weighted by Gasteiger charge is 2.24. The molecule has 0 aliphatic carbocycles. The molecule has 0 N–H and O–H groups in total. The molecule has 0 aliphatic heterocycles. The van der Waals surface area contributed by atoms with Crippen molar-refractivity contribution in [2.45, 2.75) is 12.8 Å². The summed E-state index contributed by atoms with van der Waals surface area (Å²) < 4.78 is 27.8. The van der Waals surface area contributed by atoms with Crippen LogP contribution in [0, 0.1) is 31.9 Å². The van der Waals surface area contributed by atoms with Crippen molar-refractivity contribution in [2.75, 3.05) is 0 Å². The van der Waals surface area contributed by atoms with Crippen molar-refractivity contribution in [2.24, 2.45) is 0 Å². The van der Waals surface area contributed by atoms with Crippen LogP contribution in [0.25, 0.3) is 0 Å². The fourth-order valence-corrected chi connectivity index (χ4v) is 2.72. The summed E-state index contributed by atoms with van der Waals surface area (Å²) >= 11 is 11.0. The maximum absolute atomic E-state index is 13.9. The molecule has 2 rings (SSSR count). The van der Waals surface area contributed by atoms with Gasteiger partial charge in [0.2, 0.25) is 0 Å². The molecule has 28 heavy (non-hydrogen) atoms. The number of nitro benzene ring substituents is 2. The van der Waals surface area contributed by atoms with Crippen LogP contribution in [0.15, 0.2) is 24.3 Å². The van der Waals surface area contributed by atoms with E-state index in [1.54, 1.807) is 0 Å². The smallest absolute Gasteiger partial charge is 0.288 e. The summed E-state index contributed by atoms with van der Waals surface area (Å²) in [5.74, 6) is -4.17. The average Bonchev–Trinajstić information content (AvgIpc) is 2.58. The first-order chi connectivity index (χ1) is 13.0. The van der Waals surface area contributed by atoms with Gasteiger partial charge in [-0.1, -0.05) is 23.2 Å². The molecule has 12 heteroatoms. The number of rotatable bonds is 7. The normalized spacial score (nSPS) is 10.6. The monoisotopic (exact) mass is 432 g/mol. The topological polar surface area (TPSA) is 120 Å². The highest BCUT2D eigenvalue weighted by Crippen LogP contribution is 2.30. The van der Waals surface area contributed by atoms with Crippen LogP contribution in [0.2, 0.25) is 10.0 Å². The molecule has 0 bridgehead atoms. The van der Waals surface area contributed by atoms with Gasteiger partial charge in [0.05, 0.1) is 21.0 Å². The number of hydrogen-bond acceptors (Lipinski definition) is 6. The summed E-state index contributed by atoms with van der Waals surface area (Å²) in [7, 11) is 0. The number of ketones is 2. The van der Waals surface area contributed by atoms with E-state index in [9.17, 15) is 38.6 Å². The second-order valence-electron chi connectivity index (χ2n) is 5.43. The molecule has 0 spiro atoms. The predicted molar refractivity (Wildman–Crippen MR) is 94.0 cm³/mol. The van der Waals surface area contributed by atoms with Crippen LogP contribution in [0.4, 0.5) is 20.2 Å². The van der Waals surface area contributed by atoms with Crippen LogP contribution >= 0.6 is 23.2 Å². The lowest BCUT2D eigenvalue weighted by Crippen LogP contribution is -2.09. The largest absolute Gasteiger partial charge is 0.294 e. The Morgan fingerprint density at radius 3 is 1.39 bits per heavy atom. The summed E-state index contributed by atoms with van der Waals surface area (Å²) in [6.07, 6.45) is -1.24. The van der Waals surface area contributed by atoms with E-state index < -0.39 is 78.4 Å². The Balaban J connectivity index is 2.23. The molecule has 8 nitrogen and oxygen atoms in total. The molecular weight excluding hydrogens is 425 g/mol. The zero-order valence-corrected chi connectivity index (χ0v) is 15.1. The fourth-order valence-electron chi connectivity index (χ4n) is 2.28. The van der Waals surface area contributed by atoms with Crippen LogP contribution in [0.3, 0.4) is 0 Å². The molecule has 0 fully saturated rings. The number of Topliss-reactive ketones (excluding diaryl/α,β-unsaturated/α-hetero) is 2. The van der Waals surface area contributed by atoms with Crippen LogP contribution < -0.4 is 0 Å². The third kappa shape index (κ3) is 4.46. The number of nitrogens with zero attached hydrogens (tertiary/aromatic N) is 2. The summed E-state index contributed by atoms with van der Waals surface area (Å²) in [6, 6.07) is 2.46. The summed E-state index contributed by atoms with van der Waals surface area (Å²) in [6.45, 7) is 0. The molecule has 0 unspecified atom stereocenters. The Morgan fingerprint density at radius 2 is 1.11 bits per heavy atom. The van der Waals surface area contributed by atoms with Crippen molar-refractivity contribution in [3.8, 4) is 0 Å². The molecule has 2 aromatic carbocycles. The Labute approximate surface area is 165 Å². The van der Waals surface area contributed by atoms with Gasteiger partial charge in [0.25, 0.3) is 11.4 Å². The minimum atomic E-state index is -1.12. The van der Waals surface area contributed by atoms with Gasteiger partial charge in [-0.2, -0.15) is 0 Å². The van der Waals surface area contributed by atoms with E-state index in [1.165, 1.54) is 0 Å². The second-order valence-corrected chi connectivity index (χ2v) is 6.24. The third-order valence-electron chi connectivity index (χ3n) is 3.65. The van der Waals surface area contributed by atoms with Gasteiger partial charge in [-0.3, -0.25) is 29.8 Å². The van der Waals surface area contributed by atoms with E-state index in [0.717, 1.165) is 0 Å². The van der Waals surface area contributed by atoms with E-state index in [4.69, 9.17) is 23.2 Å². The molecular formula is C16H8Cl2F2N2O6. The lowest BCUT2D eigenvalue weighted by atomic mass is 10.00. The molecule has 0 saturated carbocycles. The van der Waals surface area contributed by atoms with Crippen LogP contribution in [0.1, 0.15) is 33.6 Å². The van der Waals surface area contributed by atoms with Gasteiger partial charge in [0.15, 0.2) is 11.6 Å². The van der Waals surface area contributed by atoms with Crippen molar-refractivity contribution in [1.82, 2.24) is 0 Å². The van der Waals surface area contributed by atoms with Gasteiger partial charge in [-0.25, -0.2) is 8.78 Å². The molecule has 0 amide bonds. The number of benzene rings is 2. The van der Waals surface area contributed by atoms with Gasteiger partial charge in [-0.15, -0.1) is 0 Å². The number of carbonyl (C=O) groups excluding carboxylic acids is 2. The zero-order chi connectivity index (χ0) is 21.2. The SMILES string of the molecule is O=C(CCC(=O)c1cc([N+](=O)[O-])c(Cl)cc1F)c1cc([N+](=O)[O-])c(Cl)cc1F. The average molecular weight is 433 g/mol. The van der Waals surface area contributed by atoms with Gasteiger partial charge in [-0.05, 0) is 0 Å². The maximum Gasteiger partial charge on any atom is 0.288 e. The fraction of sp³-hybridized carbons (Fsp3) is 0.125. The number of nitro groups is 2. The van der Waals surface area contributed by atoms with Gasteiger partial charge < -0.3 is 0 Å². The van der Waals surface area contributed by atoms with E-state index >= 15 is 0 Å². The van der Waals surface area contributed by atoms with E-state index in [1.807, 2.05) is 0 Å². The molecule has 0 radical (unpaired) electrons. The standard InChI is InChI=1S/C16H8Cl2F2N2O6/c17-9-5-11(19)7(3-13(9)21(25)26)15(23)1-2-16(24)8-4-14(22(27)28)10(18)6-12(8)20/h3-6H,1-2H2. The van der Waals surface area contributed by atoms with Gasteiger partial charge in [0, 0.05) is 37.1 Å². The lowest BCUT2D eigenvalue weighted by Gasteiger charge is -2.06. The predicted octanol–water partition coefficient (Wildman–Crippen LogP) is 4.93. The Bertz CT molecular complexity index is 947.